The van der Waals surface area contributed by atoms with E-state index in [4.69, 9.17) is 15.2 Å². The van der Waals surface area contributed by atoms with Crippen molar-refractivity contribution in [1.82, 2.24) is 14.1 Å². The van der Waals surface area contributed by atoms with Gasteiger partial charge in [0.1, 0.15) is 17.7 Å². The fourth-order valence-electron chi connectivity index (χ4n) is 4.65. The van der Waals surface area contributed by atoms with Gasteiger partial charge in [0.25, 0.3) is 0 Å². The molecule has 0 spiro atoms. The van der Waals surface area contributed by atoms with Gasteiger partial charge in [-0.1, -0.05) is 12.2 Å². The zero-order valence-electron chi connectivity index (χ0n) is 20.8. The van der Waals surface area contributed by atoms with Crippen molar-refractivity contribution in [3.8, 4) is 0 Å². The van der Waals surface area contributed by atoms with Crippen molar-refractivity contribution in [2.45, 2.75) is 76.0 Å². The summed E-state index contributed by atoms with van der Waals surface area (Å²) in [5.74, 6) is -1.62. The normalized spacial score (nSPS) is 26.6. The van der Waals surface area contributed by atoms with Crippen molar-refractivity contribution >= 4 is 11.9 Å². The highest BCUT2D eigenvalue weighted by Crippen LogP contribution is 2.43. The number of fused-ring (bicyclic) bond motifs is 1. The van der Waals surface area contributed by atoms with E-state index in [0.717, 1.165) is 35.2 Å². The zero-order chi connectivity index (χ0) is 26.9. The molecule has 0 bridgehead atoms. The lowest BCUT2D eigenvalue weighted by molar-refractivity contribution is -0.269. The largest absolute Gasteiger partial charge is 0.416 e. The molecular formula is C25H31F5N4O2S. The van der Waals surface area contributed by atoms with Crippen LogP contribution in [0.2, 0.25) is 0 Å². The average Bonchev–Trinajstić information content (AvgIpc) is 3.36. The molecule has 2 aromatic rings. The van der Waals surface area contributed by atoms with Crippen molar-refractivity contribution in [3.05, 3.63) is 64.5 Å². The van der Waals surface area contributed by atoms with Crippen molar-refractivity contribution < 1.29 is 31.4 Å². The van der Waals surface area contributed by atoms with E-state index in [1.165, 1.54) is 0 Å². The maximum Gasteiger partial charge on any atom is 0.416 e. The minimum Gasteiger partial charge on any atom is -0.379 e. The summed E-state index contributed by atoms with van der Waals surface area (Å²) < 4.78 is 82.4. The standard InChI is InChI=1S/C21H23F5N4O2S.C4H8/c1-10-14-6-29(7-17(14)28-30(10)33-12-8-31-9-12)18-5-16(27)19(32-20(18)21(24,25)26)13-4-11(22)2-3-15(13)23;1-3-4-2/h2-4,12,16,18-20H,5-9,27H2,1H3;3-4H,1-2H3/b;4-3-/t16?,18?,19-,20?;/m1./s1. The molecule has 12 heteroatoms. The van der Waals surface area contributed by atoms with Crippen LogP contribution in [0.25, 0.3) is 0 Å². The zero-order valence-corrected chi connectivity index (χ0v) is 21.7. The Labute approximate surface area is 217 Å². The van der Waals surface area contributed by atoms with Gasteiger partial charge in [0, 0.05) is 36.3 Å². The lowest BCUT2D eigenvalue weighted by Crippen LogP contribution is -2.58. The van der Waals surface area contributed by atoms with Gasteiger partial charge >= 0.3 is 6.18 Å². The Hall–Kier alpha value is -1.99. The second-order valence-electron chi connectivity index (χ2n) is 9.37. The van der Waals surface area contributed by atoms with Gasteiger partial charge in [-0.25, -0.2) is 12.9 Å². The first-order valence-corrected chi connectivity index (χ1v) is 12.9. The molecule has 2 saturated heterocycles. The number of aromatic nitrogens is 2. The molecule has 0 amide bonds. The van der Waals surface area contributed by atoms with Crippen molar-refractivity contribution in [2.24, 2.45) is 5.73 Å². The van der Waals surface area contributed by atoms with Crippen LogP contribution in [-0.4, -0.2) is 56.9 Å². The summed E-state index contributed by atoms with van der Waals surface area (Å²) in [5, 5.41) is 4.90. The van der Waals surface area contributed by atoms with Crippen LogP contribution in [0, 0.1) is 18.6 Å². The number of nitrogens with zero attached hydrogens (tertiary/aromatic N) is 3. The Kier molecular flexibility index (Phi) is 8.64. The Morgan fingerprint density at radius 2 is 1.84 bits per heavy atom. The van der Waals surface area contributed by atoms with Gasteiger partial charge in [-0.3, -0.25) is 4.90 Å². The van der Waals surface area contributed by atoms with Gasteiger partial charge in [0.2, 0.25) is 0 Å². The van der Waals surface area contributed by atoms with E-state index in [9.17, 15) is 22.0 Å². The van der Waals surface area contributed by atoms with Gasteiger partial charge in [0.15, 0.2) is 6.10 Å². The van der Waals surface area contributed by atoms with Crippen LogP contribution in [0.1, 0.15) is 48.9 Å². The minimum atomic E-state index is -4.71. The average molecular weight is 547 g/mol. The highest BCUT2D eigenvalue weighted by atomic mass is 32.2. The lowest BCUT2D eigenvalue weighted by Gasteiger charge is -2.44. The van der Waals surface area contributed by atoms with Crippen molar-refractivity contribution in [2.75, 3.05) is 13.2 Å². The Balaban J connectivity index is 0.000000747. The van der Waals surface area contributed by atoms with Crippen LogP contribution in [0.4, 0.5) is 22.0 Å². The van der Waals surface area contributed by atoms with Crippen LogP contribution in [0.15, 0.2) is 30.4 Å². The molecule has 37 heavy (non-hydrogen) atoms. The third-order valence-electron chi connectivity index (χ3n) is 6.79. The molecule has 5 rings (SSSR count). The smallest absolute Gasteiger partial charge is 0.379 e. The first-order valence-electron chi connectivity index (χ1n) is 12.1. The molecule has 3 aliphatic heterocycles. The summed E-state index contributed by atoms with van der Waals surface area (Å²) in [7, 11) is 0. The summed E-state index contributed by atoms with van der Waals surface area (Å²) in [5.41, 5.74) is 8.38. The van der Waals surface area contributed by atoms with Crippen LogP contribution in [-0.2, 0) is 22.6 Å². The summed E-state index contributed by atoms with van der Waals surface area (Å²) in [6.07, 6.45) is -4.38. The Morgan fingerprint density at radius 3 is 2.41 bits per heavy atom. The predicted molar refractivity (Wildman–Crippen MR) is 131 cm³/mol. The van der Waals surface area contributed by atoms with Crippen LogP contribution >= 0.6 is 11.9 Å². The molecule has 2 fully saturated rings. The SMILES string of the molecule is C/C=C\C.Cc1c2c(nn1SC1COC1)CN(C1CC(N)[C@@H](c3cc(F)ccc3F)OC1C(F)(F)F)C2. The van der Waals surface area contributed by atoms with Gasteiger partial charge in [-0.15, -0.1) is 0 Å². The monoisotopic (exact) mass is 546 g/mol. The maximum absolute atomic E-state index is 14.3. The van der Waals surface area contributed by atoms with Gasteiger partial charge in [-0.05, 0) is 57.3 Å². The van der Waals surface area contributed by atoms with Crippen LogP contribution < -0.4 is 5.73 Å². The number of alkyl halides is 3. The Bertz CT molecular complexity index is 1120. The number of nitrogens with two attached hydrogens (primary N) is 1. The van der Waals surface area contributed by atoms with E-state index < -0.39 is 42.1 Å². The summed E-state index contributed by atoms with van der Waals surface area (Å²) in [6.45, 7) is 7.72. The quantitative estimate of drug-likeness (QED) is 0.428. The molecule has 3 unspecified atom stereocenters. The number of hydrogen-bond acceptors (Lipinski definition) is 6. The topological polar surface area (TPSA) is 65.5 Å². The van der Waals surface area contributed by atoms with Gasteiger partial charge in [0.05, 0.1) is 29.9 Å². The molecule has 4 heterocycles. The predicted octanol–water partition coefficient (Wildman–Crippen LogP) is 5.05. The number of allylic oxidation sites excluding steroid dienone is 2. The van der Waals surface area contributed by atoms with E-state index in [1.54, 1.807) is 16.8 Å². The minimum absolute atomic E-state index is 0.0811. The third kappa shape index (κ3) is 6.03. The number of halogens is 5. The molecule has 0 saturated carbocycles. The number of ether oxygens (including phenoxy) is 2. The Morgan fingerprint density at radius 1 is 1.14 bits per heavy atom. The maximum atomic E-state index is 14.3. The van der Waals surface area contributed by atoms with Crippen molar-refractivity contribution in [3.63, 3.8) is 0 Å². The molecule has 3 aliphatic rings. The molecular weight excluding hydrogens is 515 g/mol. The number of benzene rings is 1. The van der Waals surface area contributed by atoms with E-state index in [-0.39, 0.29) is 25.1 Å². The van der Waals surface area contributed by atoms with Gasteiger partial charge < -0.3 is 15.2 Å². The summed E-state index contributed by atoms with van der Waals surface area (Å²) in [6, 6.07) is 0.604. The summed E-state index contributed by atoms with van der Waals surface area (Å²) in [4.78, 5) is 1.67. The molecule has 204 valence electrons. The first-order chi connectivity index (χ1) is 17.5. The van der Waals surface area contributed by atoms with Crippen LogP contribution in [0.3, 0.4) is 0 Å². The highest BCUT2D eigenvalue weighted by Gasteiger charge is 2.54. The van der Waals surface area contributed by atoms with Crippen molar-refractivity contribution in [1.29, 1.82) is 0 Å². The molecule has 2 N–H and O–H groups in total. The fourth-order valence-corrected chi connectivity index (χ4v) is 5.67. The molecule has 1 aromatic carbocycles. The number of rotatable bonds is 4. The third-order valence-corrected chi connectivity index (χ3v) is 7.91. The fraction of sp³-hybridized carbons (Fsp3) is 0.560. The molecule has 4 atom stereocenters. The second kappa shape index (κ2) is 11.4. The van der Waals surface area contributed by atoms with Crippen LogP contribution in [0.5, 0.6) is 0 Å². The van der Waals surface area contributed by atoms with E-state index in [0.29, 0.717) is 18.5 Å². The highest BCUT2D eigenvalue weighted by molar-refractivity contribution is 7.98. The van der Waals surface area contributed by atoms with E-state index in [1.807, 2.05) is 37.0 Å². The second-order valence-corrected chi connectivity index (χ2v) is 10.6. The van der Waals surface area contributed by atoms with Gasteiger partial charge in [-0.2, -0.15) is 18.3 Å². The lowest BCUT2D eigenvalue weighted by atomic mass is 9.89. The molecule has 0 aliphatic carbocycles. The molecule has 6 nitrogen and oxygen atoms in total. The molecule has 1 aromatic heterocycles. The number of hydrogen-bond donors (Lipinski definition) is 1. The first kappa shape index (κ1) is 28.0. The van der Waals surface area contributed by atoms with E-state index in [2.05, 4.69) is 5.10 Å². The summed E-state index contributed by atoms with van der Waals surface area (Å²) >= 11 is 1.55. The molecule has 0 radical (unpaired) electrons. The van der Waals surface area contributed by atoms with E-state index >= 15 is 0 Å².